The van der Waals surface area contributed by atoms with Crippen molar-refractivity contribution in [3.63, 3.8) is 0 Å². The van der Waals surface area contributed by atoms with Gasteiger partial charge in [-0.2, -0.15) is 10.5 Å². The molecule has 0 radical (unpaired) electrons. The zero-order valence-electron chi connectivity index (χ0n) is 39.7. The number of rotatable bonds is 10. The number of nitrogens with zero attached hydrogens (tertiary/aromatic N) is 8. The molecule has 0 spiro atoms. The Labute approximate surface area is 428 Å². The van der Waals surface area contributed by atoms with Crippen LogP contribution in [0.3, 0.4) is 0 Å². The Hall–Kier alpha value is -10.5. The summed E-state index contributed by atoms with van der Waals surface area (Å²) in [5, 5.41) is 21.9. The fraction of sp³-hybridized carbons (Fsp3) is 0. The lowest BCUT2D eigenvalue weighted by Gasteiger charge is -2.23. The fourth-order valence-electron chi connectivity index (χ4n) is 9.46. The maximum atomic E-state index is 10.0. The van der Waals surface area contributed by atoms with Crippen LogP contribution in [0.2, 0.25) is 0 Å². The minimum Gasteiger partial charge on any atom is -0.208 e. The predicted octanol–water partition coefficient (Wildman–Crippen LogP) is 15.6. The van der Waals surface area contributed by atoms with Gasteiger partial charge in [0.25, 0.3) is 0 Å². The molecule has 10 aromatic carbocycles. The summed E-state index contributed by atoms with van der Waals surface area (Å²) in [6.07, 6.45) is 0. The number of fused-ring (bicyclic) bond motifs is 1. The van der Waals surface area contributed by atoms with E-state index >= 15 is 0 Å². The molecular formula is C66H40N8. The Balaban J connectivity index is 1.22. The predicted molar refractivity (Wildman–Crippen MR) is 295 cm³/mol. The molecule has 0 N–H and O–H groups in total. The lowest BCUT2D eigenvalue weighted by Crippen LogP contribution is -2.07. The molecule has 12 aromatic rings. The molecule has 0 saturated carbocycles. The summed E-state index contributed by atoms with van der Waals surface area (Å²) in [5.74, 6) is 2.65. The summed E-state index contributed by atoms with van der Waals surface area (Å²) >= 11 is 0. The monoisotopic (exact) mass is 944 g/mol. The zero-order valence-corrected chi connectivity index (χ0v) is 39.7. The summed E-state index contributed by atoms with van der Waals surface area (Å²) in [6, 6.07) is 85.0. The van der Waals surface area contributed by atoms with Crippen LogP contribution in [-0.4, -0.2) is 29.9 Å². The Morgan fingerprint density at radius 2 is 0.432 bits per heavy atom. The second-order valence-corrected chi connectivity index (χ2v) is 17.7. The smallest absolute Gasteiger partial charge is 0.165 e. The maximum Gasteiger partial charge on any atom is 0.165 e. The normalized spacial score (nSPS) is 10.9. The Kier molecular flexibility index (Phi) is 11.9. The van der Waals surface area contributed by atoms with Crippen molar-refractivity contribution in [1.82, 2.24) is 29.9 Å². The van der Waals surface area contributed by atoms with Gasteiger partial charge in [0.2, 0.25) is 0 Å². The fourth-order valence-corrected chi connectivity index (χ4v) is 9.46. The molecule has 8 nitrogen and oxygen atoms in total. The Morgan fingerprint density at radius 3 is 0.743 bits per heavy atom. The van der Waals surface area contributed by atoms with Gasteiger partial charge in [0, 0.05) is 44.5 Å². The van der Waals surface area contributed by atoms with Crippen molar-refractivity contribution in [3.8, 4) is 125 Å². The van der Waals surface area contributed by atoms with Crippen molar-refractivity contribution in [3.05, 3.63) is 254 Å². The van der Waals surface area contributed by atoms with Gasteiger partial charge >= 0.3 is 0 Å². The SMILES string of the molecule is N#Cc1ccc(-c2c(-c3nc(-c4ccccc4)nc(-c4ccc(-c5ccccc5)cc4)n3)c(-c3nc(-c4ccccc4)nc(-c4ccc(-c5ccccc5)cc4)n3)c(-c3ccc(C#N)cc3)c3ccccc23)cc1. The highest BCUT2D eigenvalue weighted by Gasteiger charge is 2.29. The number of aromatic nitrogens is 6. The van der Waals surface area contributed by atoms with Gasteiger partial charge in [-0.3, -0.25) is 0 Å². The van der Waals surface area contributed by atoms with Crippen LogP contribution in [0.5, 0.6) is 0 Å². The van der Waals surface area contributed by atoms with E-state index in [1.54, 1.807) is 0 Å². The van der Waals surface area contributed by atoms with E-state index in [9.17, 15) is 10.5 Å². The van der Waals surface area contributed by atoms with Crippen LogP contribution in [0.4, 0.5) is 0 Å². The number of benzene rings is 10. The van der Waals surface area contributed by atoms with Crippen LogP contribution in [0.25, 0.3) is 124 Å². The van der Waals surface area contributed by atoms with Crippen molar-refractivity contribution in [1.29, 1.82) is 10.5 Å². The maximum absolute atomic E-state index is 10.0. The molecule has 0 unspecified atom stereocenters. The highest BCUT2D eigenvalue weighted by atomic mass is 15.1. The number of hydrogen-bond acceptors (Lipinski definition) is 8. The van der Waals surface area contributed by atoms with Crippen molar-refractivity contribution in [2.24, 2.45) is 0 Å². The number of hydrogen-bond donors (Lipinski definition) is 0. The van der Waals surface area contributed by atoms with Crippen molar-refractivity contribution < 1.29 is 0 Å². The third-order valence-electron chi connectivity index (χ3n) is 13.1. The molecule has 74 heavy (non-hydrogen) atoms. The standard InChI is InChI=1S/C66H40N8/c67-41-43-25-29-49(30-26-43)57-55-23-13-14-24-56(55)58(50-31-27-44(42-68)28-32-50)60(66-72-62(52-21-11-4-12-22-52)70-64(74-66)54-39-35-48(36-40-54)46-17-7-2-8-18-46)59(57)65-71-61(51-19-9-3-10-20-51)69-63(73-65)53-37-33-47(34-38-53)45-15-5-1-6-16-45/h1-40H. The topological polar surface area (TPSA) is 125 Å². The van der Waals surface area contributed by atoms with E-state index in [0.29, 0.717) is 57.2 Å². The molecule has 0 saturated heterocycles. The Morgan fingerprint density at radius 1 is 0.203 bits per heavy atom. The minimum absolute atomic E-state index is 0.381. The summed E-state index contributed by atoms with van der Waals surface area (Å²) in [7, 11) is 0. The highest BCUT2D eigenvalue weighted by molar-refractivity contribution is 6.17. The third-order valence-corrected chi connectivity index (χ3v) is 13.1. The largest absolute Gasteiger partial charge is 0.208 e. The first-order chi connectivity index (χ1) is 36.6. The molecule has 0 aliphatic heterocycles. The molecule has 0 amide bonds. The van der Waals surface area contributed by atoms with Crippen molar-refractivity contribution in [2.45, 2.75) is 0 Å². The summed E-state index contributed by atoms with van der Waals surface area (Å²) in [6.45, 7) is 0. The molecule has 0 aliphatic rings. The molecule has 0 atom stereocenters. The van der Waals surface area contributed by atoms with Crippen molar-refractivity contribution in [2.75, 3.05) is 0 Å². The van der Waals surface area contributed by atoms with E-state index < -0.39 is 0 Å². The van der Waals surface area contributed by atoms with Gasteiger partial charge in [0.05, 0.1) is 23.3 Å². The van der Waals surface area contributed by atoms with Crippen LogP contribution in [0.15, 0.2) is 243 Å². The molecule has 0 aliphatic carbocycles. The van der Waals surface area contributed by atoms with E-state index in [1.165, 1.54) is 0 Å². The van der Waals surface area contributed by atoms with Gasteiger partial charge in [-0.1, -0.05) is 218 Å². The lowest BCUT2D eigenvalue weighted by atomic mass is 9.82. The minimum atomic E-state index is 0.381. The highest BCUT2D eigenvalue weighted by Crippen LogP contribution is 2.50. The second-order valence-electron chi connectivity index (χ2n) is 17.7. The summed E-state index contributed by atoms with van der Waals surface area (Å²) in [4.78, 5) is 32.3. The van der Waals surface area contributed by atoms with Crippen molar-refractivity contribution >= 4 is 10.8 Å². The van der Waals surface area contributed by atoms with E-state index in [4.69, 9.17) is 29.9 Å². The van der Waals surface area contributed by atoms with E-state index in [1.807, 2.05) is 158 Å². The molecular weight excluding hydrogens is 905 g/mol. The third kappa shape index (κ3) is 8.73. The average molecular weight is 945 g/mol. The van der Waals surface area contributed by atoms with Gasteiger partial charge < -0.3 is 0 Å². The first-order valence-corrected chi connectivity index (χ1v) is 24.1. The van der Waals surface area contributed by atoms with Crippen LogP contribution in [-0.2, 0) is 0 Å². The van der Waals surface area contributed by atoms with Crippen LogP contribution in [0, 0.1) is 22.7 Å². The summed E-state index contributed by atoms with van der Waals surface area (Å²) < 4.78 is 0. The van der Waals surface area contributed by atoms with E-state index in [2.05, 4.69) is 97.1 Å². The first-order valence-electron chi connectivity index (χ1n) is 24.1. The van der Waals surface area contributed by atoms with Gasteiger partial charge in [-0.15, -0.1) is 0 Å². The van der Waals surface area contributed by atoms with E-state index in [-0.39, 0.29) is 0 Å². The molecule has 344 valence electrons. The molecule has 8 heteroatoms. The average Bonchev–Trinajstić information content (AvgIpc) is 3.49. The number of nitriles is 2. The van der Waals surface area contributed by atoms with Crippen LogP contribution in [0.1, 0.15) is 11.1 Å². The van der Waals surface area contributed by atoms with Crippen LogP contribution >= 0.6 is 0 Å². The van der Waals surface area contributed by atoms with Crippen LogP contribution < -0.4 is 0 Å². The molecule has 2 heterocycles. The molecule has 0 bridgehead atoms. The first kappa shape index (κ1) is 44.7. The summed E-state index contributed by atoms with van der Waals surface area (Å²) in [5.41, 5.74) is 13.1. The van der Waals surface area contributed by atoms with Gasteiger partial charge in [0.1, 0.15) is 0 Å². The zero-order chi connectivity index (χ0) is 49.8. The van der Waals surface area contributed by atoms with Gasteiger partial charge in [-0.05, 0) is 68.4 Å². The van der Waals surface area contributed by atoms with Gasteiger partial charge in [-0.25, -0.2) is 29.9 Å². The second kappa shape index (κ2) is 19.7. The quantitative estimate of drug-likeness (QED) is 0.133. The lowest BCUT2D eigenvalue weighted by molar-refractivity contribution is 1.06. The molecule has 2 aromatic heterocycles. The molecule has 0 fully saturated rings. The van der Waals surface area contributed by atoms with Gasteiger partial charge in [0.15, 0.2) is 34.9 Å². The van der Waals surface area contributed by atoms with E-state index in [0.717, 1.165) is 77.5 Å². The molecule has 12 rings (SSSR count). The Bertz CT molecular complexity index is 3810.